The van der Waals surface area contributed by atoms with Crippen LogP contribution in [0, 0.1) is 0 Å². The third-order valence-electron chi connectivity index (χ3n) is 3.47. The number of sulfonamides is 1. The summed E-state index contributed by atoms with van der Waals surface area (Å²) < 4.78 is 33.4. The Morgan fingerprint density at radius 3 is 2.81 bits per heavy atom. The number of thiophene rings is 1. The van der Waals surface area contributed by atoms with Gasteiger partial charge in [-0.15, -0.1) is 11.3 Å². The quantitative estimate of drug-likeness (QED) is 0.662. The van der Waals surface area contributed by atoms with Crippen molar-refractivity contribution in [2.24, 2.45) is 0 Å². The van der Waals surface area contributed by atoms with Crippen LogP contribution in [0.1, 0.15) is 31.1 Å². The van der Waals surface area contributed by atoms with Crippen molar-refractivity contribution < 1.29 is 13.2 Å². The number of hydrogen-bond acceptors (Lipinski definition) is 5. The Morgan fingerprint density at radius 1 is 1.48 bits per heavy atom. The van der Waals surface area contributed by atoms with E-state index in [-0.39, 0.29) is 12.1 Å². The van der Waals surface area contributed by atoms with Gasteiger partial charge in [0.15, 0.2) is 0 Å². The molecule has 1 aliphatic rings. The molecule has 1 heterocycles. The van der Waals surface area contributed by atoms with E-state index in [1.807, 2.05) is 0 Å². The largest absolute Gasteiger partial charge is 0.381 e. The van der Waals surface area contributed by atoms with Gasteiger partial charge in [-0.25, -0.2) is 13.1 Å². The summed E-state index contributed by atoms with van der Waals surface area (Å²) in [6.07, 6.45) is 2.71. The predicted octanol–water partition coefficient (Wildman–Crippen LogP) is 2.47. The molecule has 1 saturated carbocycles. The Morgan fingerprint density at radius 2 is 2.19 bits per heavy atom. The van der Waals surface area contributed by atoms with Crippen molar-refractivity contribution in [1.82, 2.24) is 10.0 Å². The topological polar surface area (TPSA) is 67.4 Å². The first kappa shape index (κ1) is 17.4. The van der Waals surface area contributed by atoms with E-state index in [0.717, 1.165) is 30.7 Å². The maximum atomic E-state index is 12.4. The minimum atomic E-state index is -3.46. The van der Waals surface area contributed by atoms with E-state index in [4.69, 9.17) is 4.74 Å². The molecule has 120 valence electrons. The fourth-order valence-corrected chi connectivity index (χ4v) is 6.11. The second-order valence-corrected chi connectivity index (χ2v) is 9.31. The first-order valence-corrected chi connectivity index (χ1v) is 10.1. The number of halogens is 1. The molecule has 0 unspecified atom stereocenters. The van der Waals surface area contributed by atoms with Crippen molar-refractivity contribution in [2.75, 3.05) is 13.7 Å². The molecule has 1 aliphatic carbocycles. The Hall–Kier alpha value is 0.01000. The van der Waals surface area contributed by atoms with Gasteiger partial charge in [-0.1, -0.05) is 6.92 Å². The Kier molecular flexibility index (Phi) is 6.22. The molecule has 0 bridgehead atoms. The lowest BCUT2D eigenvalue weighted by Gasteiger charge is -2.34. The lowest BCUT2D eigenvalue weighted by atomic mass is 9.90. The Labute approximate surface area is 138 Å². The second-order valence-electron chi connectivity index (χ2n) is 5.17. The SMILES string of the molecule is CCCNCc1cc(S(=O)(=O)NC2CC(OC)C2)c(Br)s1. The van der Waals surface area contributed by atoms with Gasteiger partial charge in [-0.3, -0.25) is 0 Å². The zero-order valence-electron chi connectivity index (χ0n) is 12.2. The summed E-state index contributed by atoms with van der Waals surface area (Å²) >= 11 is 4.82. The van der Waals surface area contributed by atoms with Gasteiger partial charge in [0.1, 0.15) is 4.90 Å². The number of methoxy groups -OCH3 is 1. The van der Waals surface area contributed by atoms with Gasteiger partial charge in [-0.05, 0) is 47.8 Å². The molecular weight excluding hydrogens is 376 g/mol. The maximum absolute atomic E-state index is 12.4. The lowest BCUT2D eigenvalue weighted by molar-refractivity contribution is 0.0236. The molecule has 0 aromatic carbocycles. The van der Waals surface area contributed by atoms with Gasteiger partial charge in [-0.2, -0.15) is 0 Å². The summed E-state index contributed by atoms with van der Waals surface area (Å²) in [5.41, 5.74) is 0. The van der Waals surface area contributed by atoms with E-state index < -0.39 is 10.0 Å². The summed E-state index contributed by atoms with van der Waals surface area (Å²) in [7, 11) is -1.81. The van der Waals surface area contributed by atoms with Gasteiger partial charge in [0.05, 0.1) is 9.89 Å². The molecule has 21 heavy (non-hydrogen) atoms. The van der Waals surface area contributed by atoms with Crippen molar-refractivity contribution in [1.29, 1.82) is 0 Å². The summed E-state index contributed by atoms with van der Waals surface area (Å²) in [4.78, 5) is 1.35. The standard InChI is InChI=1S/C13H21BrN2O3S2/c1-3-4-15-8-11-7-12(13(14)20-11)21(17,18)16-9-5-10(6-9)19-2/h7,9-10,15-16H,3-6,8H2,1-2H3. The van der Waals surface area contributed by atoms with Crippen LogP contribution >= 0.6 is 27.3 Å². The average molecular weight is 397 g/mol. The van der Waals surface area contributed by atoms with Crippen LogP contribution in [-0.2, 0) is 21.3 Å². The van der Waals surface area contributed by atoms with Crippen LogP contribution in [0.3, 0.4) is 0 Å². The minimum absolute atomic E-state index is 0.0200. The smallest absolute Gasteiger partial charge is 0.242 e. The van der Waals surface area contributed by atoms with Crippen LogP contribution in [0.2, 0.25) is 0 Å². The molecule has 0 amide bonds. The van der Waals surface area contributed by atoms with Crippen molar-refractivity contribution in [3.63, 3.8) is 0 Å². The molecule has 1 aromatic heterocycles. The van der Waals surface area contributed by atoms with Gasteiger partial charge in [0.25, 0.3) is 0 Å². The molecule has 0 spiro atoms. The van der Waals surface area contributed by atoms with Crippen LogP contribution in [-0.4, -0.2) is 34.2 Å². The molecule has 5 nitrogen and oxygen atoms in total. The molecule has 0 aliphatic heterocycles. The Bertz CT molecular complexity index is 568. The van der Waals surface area contributed by atoms with Gasteiger partial charge < -0.3 is 10.1 Å². The molecule has 0 atom stereocenters. The van der Waals surface area contributed by atoms with Crippen LogP contribution in [0.15, 0.2) is 14.7 Å². The third kappa shape index (κ3) is 4.49. The van der Waals surface area contributed by atoms with E-state index in [1.54, 1.807) is 13.2 Å². The summed E-state index contributed by atoms with van der Waals surface area (Å²) in [6.45, 7) is 3.72. The fourth-order valence-electron chi connectivity index (χ4n) is 2.19. The zero-order valence-corrected chi connectivity index (χ0v) is 15.4. The number of nitrogens with one attached hydrogen (secondary N) is 2. The number of hydrogen-bond donors (Lipinski definition) is 2. The van der Waals surface area contributed by atoms with Crippen LogP contribution in [0.4, 0.5) is 0 Å². The molecule has 0 radical (unpaired) electrons. The van der Waals surface area contributed by atoms with Gasteiger partial charge in [0, 0.05) is 24.6 Å². The van der Waals surface area contributed by atoms with Crippen molar-refractivity contribution in [3.8, 4) is 0 Å². The molecule has 0 saturated heterocycles. The number of rotatable bonds is 8. The monoisotopic (exact) mass is 396 g/mol. The molecule has 8 heteroatoms. The maximum Gasteiger partial charge on any atom is 0.242 e. The van der Waals surface area contributed by atoms with E-state index in [2.05, 4.69) is 32.9 Å². The van der Waals surface area contributed by atoms with Crippen LogP contribution in [0.25, 0.3) is 0 Å². The molecular formula is C13H21BrN2O3S2. The first-order valence-electron chi connectivity index (χ1n) is 7.00. The first-order chi connectivity index (χ1) is 9.96. The van der Waals surface area contributed by atoms with Crippen molar-refractivity contribution in [2.45, 2.75) is 49.8 Å². The van der Waals surface area contributed by atoms with E-state index in [0.29, 0.717) is 15.2 Å². The highest BCUT2D eigenvalue weighted by Crippen LogP contribution is 2.33. The Balaban J connectivity index is 1.99. The molecule has 1 aromatic rings. The average Bonchev–Trinajstić information content (AvgIpc) is 2.76. The second kappa shape index (κ2) is 7.52. The summed E-state index contributed by atoms with van der Waals surface area (Å²) in [6, 6.07) is 1.72. The van der Waals surface area contributed by atoms with Crippen molar-refractivity contribution in [3.05, 3.63) is 14.7 Å². The third-order valence-corrected chi connectivity index (χ3v) is 7.24. The van der Waals surface area contributed by atoms with Crippen LogP contribution < -0.4 is 10.0 Å². The molecule has 1 fully saturated rings. The normalized spacial score (nSPS) is 22.2. The highest BCUT2D eigenvalue weighted by atomic mass is 79.9. The van der Waals surface area contributed by atoms with E-state index >= 15 is 0 Å². The summed E-state index contributed by atoms with van der Waals surface area (Å²) in [5, 5.41) is 3.28. The highest BCUT2D eigenvalue weighted by Gasteiger charge is 2.33. The predicted molar refractivity (Wildman–Crippen MR) is 88.2 cm³/mol. The van der Waals surface area contributed by atoms with E-state index in [9.17, 15) is 8.42 Å². The fraction of sp³-hybridized carbons (Fsp3) is 0.692. The molecule has 2 N–H and O–H groups in total. The van der Waals surface area contributed by atoms with E-state index in [1.165, 1.54) is 11.3 Å². The molecule has 2 rings (SSSR count). The zero-order chi connectivity index (χ0) is 15.5. The number of ether oxygens (including phenoxy) is 1. The minimum Gasteiger partial charge on any atom is -0.381 e. The van der Waals surface area contributed by atoms with Crippen molar-refractivity contribution >= 4 is 37.3 Å². The van der Waals surface area contributed by atoms with Gasteiger partial charge in [0.2, 0.25) is 10.0 Å². The highest BCUT2D eigenvalue weighted by molar-refractivity contribution is 9.11. The van der Waals surface area contributed by atoms with Crippen LogP contribution in [0.5, 0.6) is 0 Å². The van der Waals surface area contributed by atoms with Gasteiger partial charge >= 0.3 is 0 Å². The summed E-state index contributed by atoms with van der Waals surface area (Å²) in [5.74, 6) is 0. The lowest BCUT2D eigenvalue weighted by Crippen LogP contribution is -2.47.